The summed E-state index contributed by atoms with van der Waals surface area (Å²) in [6, 6.07) is -0.0908. The number of aromatic nitrogens is 4. The summed E-state index contributed by atoms with van der Waals surface area (Å²) in [7, 11) is 3.63. The first-order valence-corrected chi connectivity index (χ1v) is 6.96. The first-order valence-electron chi connectivity index (χ1n) is 5.88. The topological polar surface area (TPSA) is 64.7 Å². The van der Waals surface area contributed by atoms with Gasteiger partial charge in [0.15, 0.2) is 0 Å². The van der Waals surface area contributed by atoms with Gasteiger partial charge in [-0.2, -0.15) is 10.2 Å². The molecule has 6 nitrogen and oxygen atoms in total. The quantitative estimate of drug-likeness (QED) is 0.831. The fraction of sp³-hybridized carbons (Fsp3) is 0.417. The van der Waals surface area contributed by atoms with E-state index in [1.54, 1.807) is 22.6 Å². The van der Waals surface area contributed by atoms with Crippen LogP contribution in [-0.4, -0.2) is 25.5 Å². The molecule has 0 aliphatic carbocycles. The highest BCUT2D eigenvalue weighted by atomic mass is 127. The molecule has 102 valence electrons. The van der Waals surface area contributed by atoms with Crippen LogP contribution in [-0.2, 0) is 14.1 Å². The average molecular weight is 373 g/mol. The van der Waals surface area contributed by atoms with E-state index in [0.29, 0.717) is 5.69 Å². The molecule has 0 aromatic carbocycles. The van der Waals surface area contributed by atoms with Gasteiger partial charge < -0.3 is 5.32 Å². The molecule has 0 fully saturated rings. The van der Waals surface area contributed by atoms with Crippen molar-refractivity contribution in [2.45, 2.75) is 19.9 Å². The van der Waals surface area contributed by atoms with Crippen molar-refractivity contribution in [3.63, 3.8) is 0 Å². The van der Waals surface area contributed by atoms with E-state index in [2.05, 4.69) is 38.1 Å². The summed E-state index contributed by atoms with van der Waals surface area (Å²) in [4.78, 5) is 12.2. The van der Waals surface area contributed by atoms with E-state index >= 15 is 0 Å². The average Bonchev–Trinajstić information content (AvgIpc) is 2.81. The van der Waals surface area contributed by atoms with Gasteiger partial charge in [0.25, 0.3) is 5.91 Å². The molecule has 0 bridgehead atoms. The van der Waals surface area contributed by atoms with Crippen molar-refractivity contribution in [2.75, 3.05) is 0 Å². The van der Waals surface area contributed by atoms with Crippen molar-refractivity contribution in [1.29, 1.82) is 0 Å². The van der Waals surface area contributed by atoms with Crippen molar-refractivity contribution in [2.24, 2.45) is 14.1 Å². The molecule has 2 rings (SSSR count). The van der Waals surface area contributed by atoms with Crippen LogP contribution in [0.5, 0.6) is 0 Å². The van der Waals surface area contributed by atoms with Crippen molar-refractivity contribution in [3.05, 3.63) is 32.9 Å². The van der Waals surface area contributed by atoms with E-state index in [0.717, 1.165) is 14.8 Å². The SMILES string of the molecule is Cc1nn(C)cc1[C@@H](C)NC(=O)c1c(I)cnn1C. The van der Waals surface area contributed by atoms with E-state index in [-0.39, 0.29) is 11.9 Å². The highest BCUT2D eigenvalue weighted by Crippen LogP contribution is 2.17. The Kier molecular flexibility index (Phi) is 3.93. The normalized spacial score (nSPS) is 12.5. The van der Waals surface area contributed by atoms with Crippen molar-refractivity contribution in [1.82, 2.24) is 24.9 Å². The molecule has 1 N–H and O–H groups in total. The molecule has 7 heteroatoms. The standard InChI is InChI=1S/C12H16IN5O/c1-7(9-6-17(3)16-8(9)2)15-12(19)11-10(13)5-14-18(11)4/h5-7H,1-4H3,(H,15,19)/t7-/m1/s1. The predicted octanol–water partition coefficient (Wildman–Crippen LogP) is 1.56. The Balaban J connectivity index is 2.18. The lowest BCUT2D eigenvalue weighted by Gasteiger charge is -2.13. The van der Waals surface area contributed by atoms with Gasteiger partial charge in [0.2, 0.25) is 0 Å². The van der Waals surface area contributed by atoms with Crippen LogP contribution in [0.1, 0.15) is 34.7 Å². The van der Waals surface area contributed by atoms with Crippen molar-refractivity contribution >= 4 is 28.5 Å². The van der Waals surface area contributed by atoms with Gasteiger partial charge in [-0.15, -0.1) is 0 Å². The van der Waals surface area contributed by atoms with Gasteiger partial charge in [-0.25, -0.2) is 0 Å². The molecule has 0 saturated carbocycles. The Morgan fingerprint density at radius 3 is 2.63 bits per heavy atom. The molecule has 0 saturated heterocycles. The van der Waals surface area contributed by atoms with Crippen LogP contribution in [0.25, 0.3) is 0 Å². The van der Waals surface area contributed by atoms with Crippen LogP contribution in [0, 0.1) is 10.5 Å². The van der Waals surface area contributed by atoms with E-state index < -0.39 is 0 Å². The Morgan fingerprint density at radius 2 is 2.16 bits per heavy atom. The second-order valence-corrected chi connectivity index (χ2v) is 5.67. The third kappa shape index (κ3) is 2.80. The van der Waals surface area contributed by atoms with Gasteiger partial charge >= 0.3 is 0 Å². The summed E-state index contributed by atoms with van der Waals surface area (Å²) in [5.41, 5.74) is 2.53. The van der Waals surface area contributed by atoms with Crippen molar-refractivity contribution in [3.8, 4) is 0 Å². The predicted molar refractivity (Wildman–Crippen MR) is 79.8 cm³/mol. The first kappa shape index (κ1) is 14.0. The Labute approximate surface area is 125 Å². The largest absolute Gasteiger partial charge is 0.344 e. The number of hydrogen-bond acceptors (Lipinski definition) is 3. The molecular weight excluding hydrogens is 357 g/mol. The number of aryl methyl sites for hydroxylation is 3. The second kappa shape index (κ2) is 5.32. The number of halogens is 1. The van der Waals surface area contributed by atoms with Gasteiger partial charge in [-0.3, -0.25) is 14.2 Å². The zero-order valence-corrected chi connectivity index (χ0v) is 13.5. The zero-order valence-electron chi connectivity index (χ0n) is 11.3. The summed E-state index contributed by atoms with van der Waals surface area (Å²) >= 11 is 2.11. The lowest BCUT2D eigenvalue weighted by atomic mass is 10.1. The van der Waals surface area contributed by atoms with Crippen LogP contribution in [0.2, 0.25) is 0 Å². The molecule has 2 aromatic heterocycles. The van der Waals surface area contributed by atoms with E-state index in [1.165, 1.54) is 0 Å². The fourth-order valence-corrected chi connectivity index (χ4v) is 2.77. The number of hydrogen-bond donors (Lipinski definition) is 1. The molecular formula is C12H16IN5O. The lowest BCUT2D eigenvalue weighted by molar-refractivity contribution is 0.0929. The molecule has 0 unspecified atom stereocenters. The Morgan fingerprint density at radius 1 is 1.47 bits per heavy atom. The Hall–Kier alpha value is -1.38. The Bertz CT molecular complexity index is 596. The maximum Gasteiger partial charge on any atom is 0.271 e. The minimum atomic E-state index is -0.125. The number of amides is 1. The molecule has 0 aliphatic heterocycles. The van der Waals surface area contributed by atoms with E-state index in [1.807, 2.05) is 27.1 Å². The molecule has 0 aliphatic rings. The fourth-order valence-electron chi connectivity index (χ4n) is 2.05. The summed E-state index contributed by atoms with van der Waals surface area (Å²) in [5.74, 6) is -0.125. The smallest absolute Gasteiger partial charge is 0.271 e. The van der Waals surface area contributed by atoms with Crippen LogP contribution < -0.4 is 5.32 Å². The number of nitrogens with zero attached hydrogens (tertiary/aromatic N) is 4. The van der Waals surface area contributed by atoms with Crippen LogP contribution in [0.15, 0.2) is 12.4 Å². The molecule has 2 aromatic rings. The molecule has 1 atom stereocenters. The van der Waals surface area contributed by atoms with Crippen LogP contribution >= 0.6 is 22.6 Å². The van der Waals surface area contributed by atoms with Crippen LogP contribution in [0.3, 0.4) is 0 Å². The third-order valence-electron chi connectivity index (χ3n) is 2.97. The van der Waals surface area contributed by atoms with Gasteiger partial charge in [0, 0.05) is 25.9 Å². The molecule has 19 heavy (non-hydrogen) atoms. The lowest BCUT2D eigenvalue weighted by Crippen LogP contribution is -2.29. The minimum absolute atomic E-state index is 0.0908. The zero-order chi connectivity index (χ0) is 14.2. The van der Waals surface area contributed by atoms with E-state index in [4.69, 9.17) is 0 Å². The molecule has 0 spiro atoms. The summed E-state index contributed by atoms with van der Waals surface area (Å²) < 4.78 is 4.17. The second-order valence-electron chi connectivity index (χ2n) is 4.50. The highest BCUT2D eigenvalue weighted by molar-refractivity contribution is 14.1. The summed E-state index contributed by atoms with van der Waals surface area (Å²) in [6.07, 6.45) is 3.60. The number of nitrogens with one attached hydrogen (secondary N) is 1. The third-order valence-corrected chi connectivity index (χ3v) is 3.76. The van der Waals surface area contributed by atoms with Crippen molar-refractivity contribution < 1.29 is 4.79 Å². The van der Waals surface area contributed by atoms with E-state index in [9.17, 15) is 4.79 Å². The van der Waals surface area contributed by atoms with Gasteiger partial charge in [-0.1, -0.05) is 0 Å². The van der Waals surface area contributed by atoms with Crippen LogP contribution in [0.4, 0.5) is 0 Å². The number of carbonyl (C=O) groups excluding carboxylic acids is 1. The molecule has 0 radical (unpaired) electrons. The number of rotatable bonds is 3. The minimum Gasteiger partial charge on any atom is -0.344 e. The van der Waals surface area contributed by atoms with Gasteiger partial charge in [0.1, 0.15) is 5.69 Å². The molecule has 2 heterocycles. The monoisotopic (exact) mass is 373 g/mol. The molecule has 1 amide bonds. The highest BCUT2D eigenvalue weighted by Gasteiger charge is 2.19. The summed E-state index contributed by atoms with van der Waals surface area (Å²) in [6.45, 7) is 3.89. The number of carbonyl (C=O) groups is 1. The van der Waals surface area contributed by atoms with Gasteiger partial charge in [-0.05, 0) is 36.4 Å². The van der Waals surface area contributed by atoms with Gasteiger partial charge in [0.05, 0.1) is 21.5 Å². The maximum absolute atomic E-state index is 12.2. The summed E-state index contributed by atoms with van der Waals surface area (Å²) in [5, 5.41) is 11.3. The first-order chi connectivity index (χ1) is 8.90. The maximum atomic E-state index is 12.2.